The van der Waals surface area contributed by atoms with Crippen molar-refractivity contribution in [2.24, 2.45) is 0 Å². The molecule has 5 aromatic rings. The van der Waals surface area contributed by atoms with E-state index in [0.29, 0.717) is 59.8 Å². The molecule has 0 bridgehead atoms. The zero-order valence-electron chi connectivity index (χ0n) is 21.2. The van der Waals surface area contributed by atoms with Gasteiger partial charge in [-0.05, 0) is 0 Å². The van der Waals surface area contributed by atoms with Gasteiger partial charge in [-0.1, -0.05) is 0 Å². The van der Waals surface area contributed by atoms with Gasteiger partial charge in [-0.3, -0.25) is 0 Å². The van der Waals surface area contributed by atoms with Crippen LogP contribution < -0.4 is 17.8 Å². The van der Waals surface area contributed by atoms with Gasteiger partial charge in [0, 0.05) is 0 Å². The molecule has 0 aliphatic heterocycles. The Kier molecular flexibility index (Phi) is 11.0. The standard InChI is InChI=1S/C34H30Se4/c1-5-13-31(14-6-1)35-23-27-21-29(25-37-33-17-9-3-10-18-33)30(26-38-34-19-11-4-12-20-34)22-28(27)24-36-32-15-7-2-8-16-32/h1-22H,23-26H2. The van der Waals surface area contributed by atoms with Crippen LogP contribution >= 0.6 is 0 Å². The van der Waals surface area contributed by atoms with Crippen LogP contribution in [0, 0.1) is 0 Å². The van der Waals surface area contributed by atoms with Gasteiger partial charge >= 0.3 is 255 Å². The Morgan fingerprint density at radius 3 is 0.711 bits per heavy atom. The van der Waals surface area contributed by atoms with Gasteiger partial charge in [0.15, 0.2) is 0 Å². The molecule has 0 aliphatic carbocycles. The summed E-state index contributed by atoms with van der Waals surface area (Å²) in [7, 11) is 0. The first-order chi connectivity index (χ1) is 18.8. The van der Waals surface area contributed by atoms with Crippen molar-refractivity contribution in [3.05, 3.63) is 156 Å². The monoisotopic (exact) mass is 758 g/mol. The van der Waals surface area contributed by atoms with Crippen LogP contribution in [0.15, 0.2) is 133 Å². The van der Waals surface area contributed by atoms with Crippen LogP contribution in [0.3, 0.4) is 0 Å². The quantitative estimate of drug-likeness (QED) is 0.170. The van der Waals surface area contributed by atoms with Crippen molar-refractivity contribution in [3.63, 3.8) is 0 Å². The fraction of sp³-hybridized carbons (Fsp3) is 0.118. The number of hydrogen-bond acceptors (Lipinski definition) is 0. The molecule has 190 valence electrons. The van der Waals surface area contributed by atoms with Crippen molar-refractivity contribution in [2.75, 3.05) is 0 Å². The molecular formula is C34H30Se4. The Balaban J connectivity index is 1.44. The summed E-state index contributed by atoms with van der Waals surface area (Å²) in [4.78, 5) is 0. The average Bonchev–Trinajstić information content (AvgIpc) is 2.99. The average molecular weight is 754 g/mol. The Hall–Kier alpha value is -1.82. The molecule has 0 saturated carbocycles. The van der Waals surface area contributed by atoms with Crippen molar-refractivity contribution in [1.82, 2.24) is 0 Å². The molecule has 0 unspecified atom stereocenters. The van der Waals surface area contributed by atoms with E-state index in [0.717, 1.165) is 0 Å². The minimum atomic E-state index is 0.451. The predicted octanol–water partition coefficient (Wildman–Crippen LogP) is 3.81. The van der Waals surface area contributed by atoms with Crippen molar-refractivity contribution in [3.8, 4) is 0 Å². The first-order valence-corrected chi connectivity index (χ1v) is 21.0. The van der Waals surface area contributed by atoms with E-state index in [1.165, 1.54) is 39.1 Å². The fourth-order valence-electron chi connectivity index (χ4n) is 4.04. The molecule has 0 N–H and O–H groups in total. The molecule has 5 aromatic carbocycles. The summed E-state index contributed by atoms with van der Waals surface area (Å²) in [6.45, 7) is 0. The molecule has 0 nitrogen and oxygen atoms in total. The maximum absolute atomic E-state index is 2.61. The van der Waals surface area contributed by atoms with Gasteiger partial charge in [-0.2, -0.15) is 0 Å². The van der Waals surface area contributed by atoms with E-state index in [-0.39, 0.29) is 0 Å². The Morgan fingerprint density at radius 2 is 0.500 bits per heavy atom. The fourth-order valence-corrected chi connectivity index (χ4v) is 11.9. The van der Waals surface area contributed by atoms with Gasteiger partial charge in [0.2, 0.25) is 0 Å². The minimum absolute atomic E-state index is 0.451. The topological polar surface area (TPSA) is 0 Å². The second-order valence-corrected chi connectivity index (χ2v) is 17.6. The van der Waals surface area contributed by atoms with Gasteiger partial charge < -0.3 is 0 Å². The summed E-state index contributed by atoms with van der Waals surface area (Å²) in [5.74, 6) is 0. The summed E-state index contributed by atoms with van der Waals surface area (Å²) >= 11 is 1.81. The van der Waals surface area contributed by atoms with Crippen molar-refractivity contribution >= 4 is 77.7 Å². The van der Waals surface area contributed by atoms with Crippen molar-refractivity contribution in [2.45, 2.75) is 21.3 Å². The van der Waals surface area contributed by atoms with E-state index < -0.39 is 0 Å². The van der Waals surface area contributed by atoms with Crippen molar-refractivity contribution < 1.29 is 0 Å². The predicted molar refractivity (Wildman–Crippen MR) is 169 cm³/mol. The molecule has 0 aliphatic rings. The summed E-state index contributed by atoms with van der Waals surface area (Å²) in [5.41, 5.74) is 6.34. The van der Waals surface area contributed by atoms with Crippen molar-refractivity contribution in [1.29, 1.82) is 0 Å². The number of benzene rings is 5. The Morgan fingerprint density at radius 1 is 0.289 bits per heavy atom. The third-order valence-electron chi connectivity index (χ3n) is 6.07. The van der Waals surface area contributed by atoms with E-state index in [2.05, 4.69) is 133 Å². The summed E-state index contributed by atoms with van der Waals surface area (Å²) in [6, 6.07) is 49.5. The zero-order chi connectivity index (χ0) is 25.8. The second kappa shape index (κ2) is 15.1. The molecule has 5 rings (SSSR count). The molecule has 0 atom stereocenters. The van der Waals surface area contributed by atoms with Gasteiger partial charge in [0.25, 0.3) is 0 Å². The van der Waals surface area contributed by atoms with Gasteiger partial charge in [0.1, 0.15) is 0 Å². The first-order valence-electron chi connectivity index (χ1n) is 12.7. The summed E-state index contributed by atoms with van der Waals surface area (Å²) in [5, 5.41) is 4.69. The molecule has 0 heterocycles. The first kappa shape index (κ1) is 27.7. The third-order valence-corrected chi connectivity index (χ3v) is 15.0. The molecule has 0 saturated heterocycles. The van der Waals surface area contributed by atoms with Crippen LogP contribution in [-0.2, 0) is 21.3 Å². The van der Waals surface area contributed by atoms with E-state index in [4.69, 9.17) is 0 Å². The van der Waals surface area contributed by atoms with Crippen LogP contribution in [0.1, 0.15) is 22.3 Å². The molecule has 0 radical (unpaired) electrons. The molecule has 0 fully saturated rings. The van der Waals surface area contributed by atoms with Crippen LogP contribution in [0.2, 0.25) is 0 Å². The zero-order valence-corrected chi connectivity index (χ0v) is 28.0. The van der Waals surface area contributed by atoms with Gasteiger partial charge in [-0.15, -0.1) is 0 Å². The molecule has 0 amide bonds. The summed E-state index contributed by atoms with van der Waals surface area (Å²) in [6.07, 6.45) is 0. The molecule has 4 heteroatoms. The summed E-state index contributed by atoms with van der Waals surface area (Å²) < 4.78 is 5.97. The second-order valence-electron chi connectivity index (χ2n) is 8.80. The maximum atomic E-state index is 2.61. The number of rotatable bonds is 12. The van der Waals surface area contributed by atoms with Gasteiger partial charge in [-0.25, -0.2) is 0 Å². The van der Waals surface area contributed by atoms with Crippen LogP contribution in [0.25, 0.3) is 0 Å². The van der Waals surface area contributed by atoms with E-state index in [1.807, 2.05) is 0 Å². The Bertz CT molecular complexity index is 1170. The van der Waals surface area contributed by atoms with E-state index >= 15 is 0 Å². The molecule has 0 aromatic heterocycles. The molecular weight excluding hydrogens is 724 g/mol. The van der Waals surface area contributed by atoms with Crippen LogP contribution in [0.4, 0.5) is 0 Å². The van der Waals surface area contributed by atoms with Crippen LogP contribution in [0.5, 0.6) is 0 Å². The van der Waals surface area contributed by atoms with Gasteiger partial charge in [0.05, 0.1) is 0 Å². The molecule has 38 heavy (non-hydrogen) atoms. The normalized spacial score (nSPS) is 10.9. The van der Waals surface area contributed by atoms with E-state index in [9.17, 15) is 0 Å². The molecule has 0 spiro atoms. The SMILES string of the molecule is c1ccc([Se]Cc2cc(C[Se]c3ccccc3)c(C[Se]c3ccccc3)cc2C[Se]c2ccccc2)cc1. The third kappa shape index (κ3) is 8.59. The number of hydrogen-bond donors (Lipinski definition) is 0. The van der Waals surface area contributed by atoms with E-state index in [1.54, 1.807) is 22.3 Å². The van der Waals surface area contributed by atoms with Crippen LogP contribution in [-0.4, -0.2) is 59.8 Å². The Labute approximate surface area is 252 Å².